The number of hydrogen-bond donors (Lipinski definition) is 5. The molecule has 1 aromatic heterocycles. The number of rotatable bonds is 6. The quantitative estimate of drug-likeness (QED) is 0.353. The third-order valence-corrected chi connectivity index (χ3v) is 8.23. The van der Waals surface area contributed by atoms with E-state index in [0.717, 1.165) is 29.8 Å². The lowest BCUT2D eigenvalue weighted by Gasteiger charge is -2.44. The molecule has 5 N–H and O–H groups in total. The second-order valence-electron chi connectivity index (χ2n) is 12.2. The van der Waals surface area contributed by atoms with Crippen molar-refractivity contribution in [1.82, 2.24) is 31.4 Å². The summed E-state index contributed by atoms with van der Waals surface area (Å²) in [5.41, 5.74) is 8.82. The molecule has 11 heteroatoms. The van der Waals surface area contributed by atoms with Crippen LogP contribution in [0.1, 0.15) is 66.8 Å². The van der Waals surface area contributed by atoms with E-state index in [1.165, 1.54) is 6.20 Å². The normalized spacial score (nSPS) is 23.1. The Kier molecular flexibility index (Phi) is 8.51. The van der Waals surface area contributed by atoms with Crippen molar-refractivity contribution in [1.29, 1.82) is 0 Å². The van der Waals surface area contributed by atoms with Crippen LogP contribution in [0.15, 0.2) is 53.9 Å². The molecule has 0 saturated carbocycles. The molecule has 3 amide bonds. The zero-order chi connectivity index (χ0) is 29.9. The number of carbonyl (C=O) groups is 3. The van der Waals surface area contributed by atoms with Crippen LogP contribution in [0, 0.1) is 0 Å². The first-order valence-electron chi connectivity index (χ1n) is 14.6. The van der Waals surface area contributed by atoms with E-state index in [2.05, 4.69) is 52.6 Å². The minimum atomic E-state index is -0.752. The van der Waals surface area contributed by atoms with Gasteiger partial charge in [0.25, 0.3) is 17.7 Å². The second-order valence-corrected chi connectivity index (χ2v) is 12.2. The van der Waals surface area contributed by atoms with Crippen LogP contribution < -0.4 is 26.8 Å². The van der Waals surface area contributed by atoms with Gasteiger partial charge < -0.3 is 31.0 Å². The molecule has 11 nitrogen and oxygen atoms in total. The van der Waals surface area contributed by atoms with Crippen molar-refractivity contribution in [3.8, 4) is 0 Å². The molecular weight excluding hydrogens is 534 g/mol. The van der Waals surface area contributed by atoms with Gasteiger partial charge in [-0.3, -0.25) is 19.8 Å². The van der Waals surface area contributed by atoms with Crippen molar-refractivity contribution in [2.24, 2.45) is 0 Å². The summed E-state index contributed by atoms with van der Waals surface area (Å²) in [6.07, 6.45) is 3.08. The number of nitrogens with one attached hydrogen (secondary N) is 5. The molecule has 0 aliphatic carbocycles. The topological polar surface area (TPSA) is 137 Å². The standard InChI is InChI=1S/C31H41N7O4/c1-20-25(34-24-11-8-22(18-33-24)29(41)38-14-16-42-17-15-38)28(40)37-36-26(20)31(12-5-13-32-19-31)35-27(39)21-6-9-23(10-7-21)30(2,3)4/h6-11,18,25,32,36H,5,12-17,19H2,1-4H3,(H,33,34)(H,35,39)(H,37,40)/t25?,31-/m1/s1. The van der Waals surface area contributed by atoms with Gasteiger partial charge in [-0.2, -0.15) is 0 Å². The van der Waals surface area contributed by atoms with Gasteiger partial charge in [0.1, 0.15) is 11.9 Å². The van der Waals surface area contributed by atoms with Crippen molar-refractivity contribution in [2.75, 3.05) is 44.7 Å². The molecule has 42 heavy (non-hydrogen) atoms. The lowest BCUT2D eigenvalue weighted by atomic mass is 9.82. The molecule has 224 valence electrons. The Morgan fingerprint density at radius 3 is 2.38 bits per heavy atom. The molecule has 0 spiro atoms. The van der Waals surface area contributed by atoms with Crippen LogP contribution in [0.25, 0.3) is 0 Å². The predicted molar refractivity (Wildman–Crippen MR) is 160 cm³/mol. The third-order valence-electron chi connectivity index (χ3n) is 8.23. The smallest absolute Gasteiger partial charge is 0.265 e. The zero-order valence-electron chi connectivity index (χ0n) is 24.8. The largest absolute Gasteiger partial charge is 0.378 e. The van der Waals surface area contributed by atoms with Crippen LogP contribution in [0.3, 0.4) is 0 Å². The van der Waals surface area contributed by atoms with Crippen LogP contribution in [-0.2, 0) is 14.9 Å². The first kappa shape index (κ1) is 29.5. The van der Waals surface area contributed by atoms with Crippen LogP contribution in [0.5, 0.6) is 0 Å². The molecule has 0 bridgehead atoms. The Morgan fingerprint density at radius 1 is 1.05 bits per heavy atom. The molecule has 2 atom stereocenters. The maximum absolute atomic E-state index is 13.5. The number of pyridine rings is 1. The Morgan fingerprint density at radius 2 is 1.76 bits per heavy atom. The number of ether oxygens (including phenoxy) is 1. The molecule has 0 radical (unpaired) electrons. The van der Waals surface area contributed by atoms with Gasteiger partial charge in [0, 0.05) is 31.4 Å². The molecule has 4 heterocycles. The van der Waals surface area contributed by atoms with Gasteiger partial charge in [-0.1, -0.05) is 32.9 Å². The van der Waals surface area contributed by atoms with Crippen molar-refractivity contribution in [2.45, 2.75) is 57.5 Å². The lowest BCUT2D eigenvalue weighted by molar-refractivity contribution is -0.122. The van der Waals surface area contributed by atoms with Gasteiger partial charge in [0.2, 0.25) is 0 Å². The van der Waals surface area contributed by atoms with Gasteiger partial charge in [-0.25, -0.2) is 4.98 Å². The average Bonchev–Trinajstić information content (AvgIpc) is 2.99. The van der Waals surface area contributed by atoms with E-state index in [1.807, 2.05) is 31.2 Å². The fourth-order valence-corrected chi connectivity index (χ4v) is 5.71. The summed E-state index contributed by atoms with van der Waals surface area (Å²) in [7, 11) is 0. The number of carbonyl (C=O) groups excluding carboxylic acids is 3. The van der Waals surface area contributed by atoms with Crippen molar-refractivity contribution >= 4 is 23.5 Å². The third kappa shape index (κ3) is 6.27. The Balaban J connectivity index is 1.36. The fourth-order valence-electron chi connectivity index (χ4n) is 5.71. The minimum absolute atomic E-state index is 0.00880. The highest BCUT2D eigenvalue weighted by Gasteiger charge is 2.43. The number of nitrogens with zero attached hydrogens (tertiary/aromatic N) is 2. The summed E-state index contributed by atoms with van der Waals surface area (Å²) in [4.78, 5) is 45.5. The van der Waals surface area contributed by atoms with Crippen molar-refractivity contribution in [3.05, 3.63) is 70.6 Å². The highest BCUT2D eigenvalue weighted by atomic mass is 16.5. The molecule has 3 aliphatic heterocycles. The lowest BCUT2D eigenvalue weighted by Crippen LogP contribution is -2.66. The van der Waals surface area contributed by atoms with E-state index < -0.39 is 11.6 Å². The van der Waals surface area contributed by atoms with Gasteiger partial charge in [0.15, 0.2) is 0 Å². The molecule has 2 aromatic rings. The van der Waals surface area contributed by atoms with Crippen LogP contribution in [-0.4, -0.2) is 78.6 Å². The highest BCUT2D eigenvalue weighted by Crippen LogP contribution is 2.30. The number of amides is 3. The van der Waals surface area contributed by atoms with Crippen LogP contribution in [0.2, 0.25) is 0 Å². The maximum atomic E-state index is 13.5. The zero-order valence-corrected chi connectivity index (χ0v) is 24.8. The molecule has 1 aromatic carbocycles. The Hall–Kier alpha value is -3.96. The van der Waals surface area contributed by atoms with Crippen LogP contribution in [0.4, 0.5) is 5.82 Å². The summed E-state index contributed by atoms with van der Waals surface area (Å²) < 4.78 is 5.33. The molecule has 1 unspecified atom stereocenters. The van der Waals surface area contributed by atoms with Gasteiger partial charge >= 0.3 is 0 Å². The van der Waals surface area contributed by atoms with Crippen molar-refractivity contribution < 1.29 is 19.1 Å². The Labute approximate surface area is 246 Å². The van der Waals surface area contributed by atoms with Gasteiger partial charge in [-0.05, 0) is 67.1 Å². The summed E-state index contributed by atoms with van der Waals surface area (Å²) in [6, 6.07) is 10.4. The number of aromatic nitrogens is 1. The number of anilines is 1. The summed E-state index contributed by atoms with van der Waals surface area (Å²) in [5, 5.41) is 9.93. The average molecular weight is 576 g/mol. The summed E-state index contributed by atoms with van der Waals surface area (Å²) in [6.45, 7) is 11.8. The van der Waals surface area contributed by atoms with E-state index in [9.17, 15) is 14.4 Å². The number of hydrazine groups is 1. The minimum Gasteiger partial charge on any atom is -0.378 e. The molecule has 3 aliphatic rings. The predicted octanol–water partition coefficient (Wildman–Crippen LogP) is 2.09. The number of hydrogen-bond acceptors (Lipinski definition) is 8. The van der Waals surface area contributed by atoms with Crippen molar-refractivity contribution in [3.63, 3.8) is 0 Å². The SMILES string of the molecule is CC1=C([C@@]2(NC(=O)c3ccc(C(C)(C)C)cc3)CCCNC2)NNC(=O)C1Nc1ccc(C(=O)N2CCOCC2)cn1. The van der Waals surface area contributed by atoms with E-state index in [0.29, 0.717) is 56.2 Å². The van der Waals surface area contributed by atoms with E-state index >= 15 is 0 Å². The number of morpholine rings is 1. The monoisotopic (exact) mass is 575 g/mol. The molecule has 2 saturated heterocycles. The molecule has 5 rings (SSSR count). The molecule has 2 fully saturated rings. The Bertz CT molecular complexity index is 1340. The summed E-state index contributed by atoms with van der Waals surface area (Å²) in [5.74, 6) is -0.0710. The second kappa shape index (κ2) is 12.1. The first-order valence-corrected chi connectivity index (χ1v) is 14.6. The van der Waals surface area contributed by atoms with E-state index in [-0.39, 0.29) is 23.1 Å². The maximum Gasteiger partial charge on any atom is 0.265 e. The fraction of sp³-hybridized carbons (Fsp3) is 0.484. The summed E-state index contributed by atoms with van der Waals surface area (Å²) >= 11 is 0. The number of piperidine rings is 1. The first-order chi connectivity index (χ1) is 20.1. The van der Waals surface area contributed by atoms with E-state index in [1.54, 1.807) is 17.0 Å². The van der Waals surface area contributed by atoms with Crippen LogP contribution >= 0.6 is 0 Å². The van der Waals surface area contributed by atoms with Gasteiger partial charge in [-0.15, -0.1) is 0 Å². The van der Waals surface area contributed by atoms with E-state index in [4.69, 9.17) is 4.74 Å². The number of benzene rings is 1. The van der Waals surface area contributed by atoms with Gasteiger partial charge in [0.05, 0.1) is 30.0 Å². The molecular formula is C31H41N7O4. The highest BCUT2D eigenvalue weighted by molar-refractivity contribution is 5.96.